The molecule has 0 saturated heterocycles. The molecular formula is C27H36N6O3. The maximum Gasteiger partial charge on any atom is 0.240 e. The van der Waals surface area contributed by atoms with Gasteiger partial charge in [0.25, 0.3) is 0 Å². The number of carbonyl (C=O) groups is 2. The van der Waals surface area contributed by atoms with Gasteiger partial charge >= 0.3 is 0 Å². The van der Waals surface area contributed by atoms with Gasteiger partial charge in [0, 0.05) is 13.1 Å². The van der Waals surface area contributed by atoms with Gasteiger partial charge in [0.15, 0.2) is 11.6 Å². The molecule has 9 nitrogen and oxygen atoms in total. The number of fused-ring (bicyclic) bond motifs is 1. The molecule has 1 aliphatic rings. The van der Waals surface area contributed by atoms with Crippen LogP contribution in [-0.2, 0) is 40.4 Å². The van der Waals surface area contributed by atoms with Crippen molar-refractivity contribution in [1.82, 2.24) is 25.0 Å². The van der Waals surface area contributed by atoms with Crippen LogP contribution in [0.2, 0.25) is 0 Å². The van der Waals surface area contributed by atoms with Crippen LogP contribution < -0.4 is 11.1 Å². The summed E-state index contributed by atoms with van der Waals surface area (Å²) in [6, 6.07) is 19.0. The maximum absolute atomic E-state index is 12.8. The van der Waals surface area contributed by atoms with Gasteiger partial charge in [0.2, 0.25) is 11.8 Å². The number of rotatable bonds is 9. The minimum atomic E-state index is -1.05. The predicted molar refractivity (Wildman–Crippen MR) is 138 cm³/mol. The zero-order valence-corrected chi connectivity index (χ0v) is 20.2. The fourth-order valence-electron chi connectivity index (χ4n) is 3.93. The second kappa shape index (κ2) is 11.9. The van der Waals surface area contributed by atoms with Gasteiger partial charge in [-0.1, -0.05) is 68.1 Å². The van der Waals surface area contributed by atoms with Crippen LogP contribution in [0.25, 0.3) is 0 Å². The van der Waals surface area contributed by atoms with Crippen molar-refractivity contribution in [3.8, 4) is 0 Å². The van der Waals surface area contributed by atoms with Gasteiger partial charge in [-0.25, -0.2) is 0 Å². The van der Waals surface area contributed by atoms with E-state index in [4.69, 9.17) is 10.5 Å². The molecule has 0 saturated carbocycles. The van der Waals surface area contributed by atoms with Crippen molar-refractivity contribution in [3.63, 3.8) is 0 Å². The van der Waals surface area contributed by atoms with Crippen LogP contribution in [-0.4, -0.2) is 50.2 Å². The molecule has 0 aliphatic carbocycles. The molecule has 0 fully saturated rings. The maximum atomic E-state index is 12.8. The van der Waals surface area contributed by atoms with E-state index in [1.165, 1.54) is 0 Å². The molecule has 0 radical (unpaired) electrons. The Morgan fingerprint density at radius 2 is 1.67 bits per heavy atom. The van der Waals surface area contributed by atoms with Gasteiger partial charge < -0.3 is 25.3 Å². The predicted octanol–water partition coefficient (Wildman–Crippen LogP) is 2.61. The van der Waals surface area contributed by atoms with Crippen LogP contribution in [0, 0.1) is 0 Å². The molecular weight excluding hydrogens is 456 g/mol. The lowest BCUT2D eigenvalue weighted by molar-refractivity contribution is -0.132. The first kappa shape index (κ1) is 27.0. The smallest absolute Gasteiger partial charge is 0.240 e. The standard InChI is InChI=1S/C26H32N6O3.CH4/c1-26(2,27)25(34)28-21(18-35-17-20-11-7-4-8-12-20)24-30-29-22-16-31(13-14-32(22)24)23(33)15-19-9-5-3-6-10-19;/h3-12,21H,13-18,27H2,1-2H3,(H,28,34);1H4/t21-;/m1./s1. The third-order valence-corrected chi connectivity index (χ3v) is 5.93. The molecule has 0 spiro atoms. The van der Waals surface area contributed by atoms with E-state index in [1.807, 2.05) is 65.2 Å². The Bertz CT molecular complexity index is 1140. The van der Waals surface area contributed by atoms with E-state index < -0.39 is 11.6 Å². The van der Waals surface area contributed by atoms with Crippen molar-refractivity contribution in [1.29, 1.82) is 0 Å². The number of hydrogen-bond acceptors (Lipinski definition) is 6. The number of carbonyl (C=O) groups excluding carboxylic acids is 2. The molecule has 2 amide bonds. The zero-order valence-electron chi connectivity index (χ0n) is 20.2. The Morgan fingerprint density at radius 1 is 1.03 bits per heavy atom. The van der Waals surface area contributed by atoms with Crippen molar-refractivity contribution in [2.75, 3.05) is 13.2 Å². The van der Waals surface area contributed by atoms with E-state index in [0.717, 1.165) is 11.1 Å². The summed E-state index contributed by atoms with van der Waals surface area (Å²) in [5, 5.41) is 11.7. The van der Waals surface area contributed by atoms with Crippen molar-refractivity contribution in [3.05, 3.63) is 83.4 Å². The van der Waals surface area contributed by atoms with Crippen LogP contribution in [0.5, 0.6) is 0 Å². The Labute approximate surface area is 212 Å². The topological polar surface area (TPSA) is 115 Å². The van der Waals surface area contributed by atoms with Crippen LogP contribution >= 0.6 is 0 Å². The van der Waals surface area contributed by atoms with Crippen LogP contribution in [0.4, 0.5) is 0 Å². The van der Waals surface area contributed by atoms with Crippen molar-refractivity contribution >= 4 is 11.8 Å². The molecule has 1 aromatic heterocycles. The SMILES string of the molecule is C.CC(C)(N)C(=O)N[C@H](COCc1ccccc1)c1nnc2n1CCN(C(=O)Cc1ccccc1)C2. The average Bonchev–Trinajstić information content (AvgIpc) is 3.27. The Morgan fingerprint density at radius 3 is 2.31 bits per heavy atom. The summed E-state index contributed by atoms with van der Waals surface area (Å²) in [4.78, 5) is 27.3. The highest BCUT2D eigenvalue weighted by molar-refractivity contribution is 5.85. The van der Waals surface area contributed by atoms with Gasteiger partial charge in [-0.15, -0.1) is 10.2 Å². The van der Waals surface area contributed by atoms with Gasteiger partial charge in [0.05, 0.1) is 31.7 Å². The lowest BCUT2D eigenvalue weighted by Gasteiger charge is -2.30. The van der Waals surface area contributed by atoms with E-state index in [-0.39, 0.29) is 25.8 Å². The summed E-state index contributed by atoms with van der Waals surface area (Å²) in [7, 11) is 0. The van der Waals surface area contributed by atoms with Gasteiger partial charge in [-0.2, -0.15) is 0 Å². The number of nitrogens with two attached hydrogens (primary N) is 1. The minimum Gasteiger partial charge on any atom is -0.374 e. The monoisotopic (exact) mass is 492 g/mol. The first-order valence-corrected chi connectivity index (χ1v) is 11.8. The Hall–Kier alpha value is -3.56. The van der Waals surface area contributed by atoms with Crippen molar-refractivity contribution < 1.29 is 14.3 Å². The third kappa shape index (κ3) is 6.77. The Kier molecular flexibility index (Phi) is 8.95. The molecule has 9 heteroatoms. The molecule has 0 bridgehead atoms. The third-order valence-electron chi connectivity index (χ3n) is 5.93. The molecule has 2 aromatic carbocycles. The summed E-state index contributed by atoms with van der Waals surface area (Å²) in [5.74, 6) is 1.02. The van der Waals surface area contributed by atoms with Crippen LogP contribution in [0.15, 0.2) is 60.7 Å². The fraction of sp³-hybridized carbons (Fsp3) is 0.407. The largest absolute Gasteiger partial charge is 0.374 e. The van der Waals surface area contributed by atoms with Crippen molar-refractivity contribution in [2.24, 2.45) is 5.73 Å². The molecule has 1 atom stereocenters. The summed E-state index contributed by atoms with van der Waals surface area (Å²) in [6.45, 7) is 5.37. The van der Waals surface area contributed by atoms with E-state index in [2.05, 4.69) is 15.5 Å². The van der Waals surface area contributed by atoms with Crippen LogP contribution in [0.3, 0.4) is 0 Å². The van der Waals surface area contributed by atoms with E-state index in [0.29, 0.717) is 44.3 Å². The van der Waals surface area contributed by atoms with E-state index in [9.17, 15) is 9.59 Å². The fourth-order valence-corrected chi connectivity index (χ4v) is 3.93. The number of nitrogens with one attached hydrogen (secondary N) is 1. The van der Waals surface area contributed by atoms with Gasteiger partial charge in [-0.3, -0.25) is 9.59 Å². The molecule has 1 aliphatic heterocycles. The Balaban J connectivity index is 0.00000361. The molecule has 0 unspecified atom stereocenters. The summed E-state index contributed by atoms with van der Waals surface area (Å²) < 4.78 is 7.90. The molecule has 192 valence electrons. The highest BCUT2D eigenvalue weighted by Crippen LogP contribution is 2.20. The number of nitrogens with zero attached hydrogens (tertiary/aromatic N) is 4. The quantitative estimate of drug-likeness (QED) is 0.474. The number of hydrogen-bond donors (Lipinski definition) is 2. The molecule has 36 heavy (non-hydrogen) atoms. The number of amides is 2. The average molecular weight is 493 g/mol. The number of ether oxygens (including phenoxy) is 1. The van der Waals surface area contributed by atoms with Gasteiger partial charge in [0.1, 0.15) is 6.04 Å². The first-order chi connectivity index (χ1) is 16.8. The second-order valence-corrected chi connectivity index (χ2v) is 9.35. The summed E-state index contributed by atoms with van der Waals surface area (Å²) >= 11 is 0. The molecule has 3 aromatic rings. The highest BCUT2D eigenvalue weighted by Gasteiger charge is 2.31. The van der Waals surface area contributed by atoms with Gasteiger partial charge in [-0.05, 0) is 25.0 Å². The lowest BCUT2D eigenvalue weighted by Crippen LogP contribution is -2.51. The second-order valence-electron chi connectivity index (χ2n) is 9.35. The molecule has 2 heterocycles. The summed E-state index contributed by atoms with van der Waals surface area (Å²) in [5.41, 5.74) is 6.98. The number of aromatic nitrogens is 3. The van der Waals surface area contributed by atoms with E-state index >= 15 is 0 Å². The van der Waals surface area contributed by atoms with Crippen molar-refractivity contribution in [2.45, 2.75) is 59.0 Å². The van der Waals surface area contributed by atoms with E-state index in [1.54, 1.807) is 18.7 Å². The minimum absolute atomic E-state index is 0. The normalized spacial score (nSPS) is 13.9. The molecule has 3 N–H and O–H groups in total. The number of benzene rings is 2. The highest BCUT2D eigenvalue weighted by atomic mass is 16.5. The van der Waals surface area contributed by atoms with Crippen LogP contribution in [0.1, 0.15) is 50.1 Å². The summed E-state index contributed by atoms with van der Waals surface area (Å²) in [6.07, 6.45) is 0.347. The molecule has 4 rings (SSSR count). The zero-order chi connectivity index (χ0) is 24.8. The first-order valence-electron chi connectivity index (χ1n) is 11.8. The lowest BCUT2D eigenvalue weighted by atomic mass is 10.1.